The van der Waals surface area contributed by atoms with Crippen LogP contribution in [-0.4, -0.2) is 96.1 Å². The zero-order valence-electron chi connectivity index (χ0n) is 33.6. The Kier molecular flexibility index (Phi) is 11.8. The van der Waals surface area contributed by atoms with Crippen molar-refractivity contribution in [2.24, 2.45) is 5.92 Å². The maximum Gasteiger partial charge on any atom is 0.301 e. The van der Waals surface area contributed by atoms with E-state index in [0.29, 0.717) is 54.7 Å². The summed E-state index contributed by atoms with van der Waals surface area (Å²) in [6.07, 6.45) is 12.4. The lowest BCUT2D eigenvalue weighted by molar-refractivity contribution is -0.134. The van der Waals surface area contributed by atoms with Gasteiger partial charge < -0.3 is 15.1 Å². The molecule has 5 aromatic rings. The lowest BCUT2D eigenvalue weighted by Crippen LogP contribution is -2.52. The molecule has 4 saturated heterocycles. The number of benzene rings is 2. The summed E-state index contributed by atoms with van der Waals surface area (Å²) in [6.45, 7) is 5.23. The molecule has 2 amide bonds. The number of anilines is 3. The van der Waals surface area contributed by atoms with Crippen LogP contribution < -0.4 is 25.2 Å². The highest BCUT2D eigenvalue weighted by Crippen LogP contribution is 2.39. The van der Waals surface area contributed by atoms with Gasteiger partial charge in [0.25, 0.3) is 0 Å². The highest BCUT2D eigenvalue weighted by molar-refractivity contribution is 7.90. The SMILES string of the molecule is O=C1CCC(c2ccc(N3CCC(C[C@@H]4CNCCN4c4ccc(-n5cc(-c6cc(Cl)cc(NS(=O)(=O)N7CCCC7)c6F)c(-c6ccncc6)n5)cc4)CC3)nc2)C(=O)N1. The molecule has 9 rings (SSSR count). The summed E-state index contributed by atoms with van der Waals surface area (Å²) in [6, 6.07) is 18.9. The number of piperidine rings is 2. The van der Waals surface area contributed by atoms with Crippen LogP contribution in [0.5, 0.6) is 0 Å². The van der Waals surface area contributed by atoms with Gasteiger partial charge in [0, 0.05) is 110 Å². The molecule has 4 aliphatic heterocycles. The molecule has 4 aliphatic rings. The second-order valence-corrected chi connectivity index (χ2v) is 18.4. The summed E-state index contributed by atoms with van der Waals surface area (Å²) in [5.74, 6) is -0.0773. The molecular weight excluding hydrogens is 819 g/mol. The minimum atomic E-state index is -3.97. The molecule has 0 saturated carbocycles. The minimum Gasteiger partial charge on any atom is -0.366 e. The fraction of sp³-hybridized carbons (Fsp3) is 0.386. The first-order chi connectivity index (χ1) is 29.6. The Morgan fingerprint density at radius 2 is 1.64 bits per heavy atom. The van der Waals surface area contributed by atoms with E-state index in [4.69, 9.17) is 21.7 Å². The predicted molar refractivity (Wildman–Crippen MR) is 233 cm³/mol. The number of carbonyl (C=O) groups excluding carboxylic acids is 2. The fourth-order valence-electron chi connectivity index (χ4n) is 9.11. The second-order valence-electron chi connectivity index (χ2n) is 16.3. The number of aromatic nitrogens is 4. The lowest BCUT2D eigenvalue weighted by Gasteiger charge is -2.41. The molecule has 2 aromatic carbocycles. The van der Waals surface area contributed by atoms with Gasteiger partial charge in [0.15, 0.2) is 5.82 Å². The standard InChI is InChI=1S/C44H48ClFN10O4S/c45-32-24-37(42(46)39(25-32)52-61(59,60)54-18-1-2-19-54)38-28-56(51-43(38)30-11-15-47-16-12-30)34-6-4-33(5-7-34)55-22-17-48-27-35(55)23-29-13-20-53(21-14-29)40-9-3-31(26-49-40)36-8-10-41(57)50-44(36)58/h3-7,9,11-12,15-16,24-26,28-29,35-36,48,52H,1-2,8,10,13-14,17-23,27H2,(H,50,57,58)/t35-,36?/m1/s1. The van der Waals surface area contributed by atoms with Gasteiger partial charge in [-0.15, -0.1) is 0 Å². The number of halogens is 2. The first kappa shape index (κ1) is 41.0. The topological polar surface area (TPSA) is 158 Å². The van der Waals surface area contributed by atoms with Crippen LogP contribution in [0, 0.1) is 11.7 Å². The van der Waals surface area contributed by atoms with Gasteiger partial charge in [0.05, 0.1) is 17.3 Å². The van der Waals surface area contributed by atoms with Gasteiger partial charge in [-0.2, -0.15) is 17.8 Å². The monoisotopic (exact) mass is 866 g/mol. The van der Waals surface area contributed by atoms with Crippen LogP contribution in [0.15, 0.2) is 85.5 Å². The van der Waals surface area contributed by atoms with Crippen molar-refractivity contribution in [1.29, 1.82) is 0 Å². The van der Waals surface area contributed by atoms with Crippen molar-refractivity contribution in [3.63, 3.8) is 0 Å². The molecule has 3 aromatic heterocycles. The largest absolute Gasteiger partial charge is 0.366 e. The first-order valence-corrected chi connectivity index (χ1v) is 22.8. The second kappa shape index (κ2) is 17.5. The number of imide groups is 1. The Morgan fingerprint density at radius 3 is 2.36 bits per heavy atom. The van der Waals surface area contributed by atoms with Crippen LogP contribution in [0.4, 0.5) is 21.6 Å². The summed E-state index contributed by atoms with van der Waals surface area (Å²) in [4.78, 5) is 37.6. The Morgan fingerprint density at radius 1 is 0.885 bits per heavy atom. The molecule has 7 heterocycles. The maximum atomic E-state index is 16.4. The lowest BCUT2D eigenvalue weighted by atomic mass is 9.88. The molecule has 3 N–H and O–H groups in total. The van der Waals surface area contributed by atoms with Gasteiger partial charge in [-0.25, -0.2) is 14.1 Å². The van der Waals surface area contributed by atoms with E-state index in [1.54, 1.807) is 41.6 Å². The van der Waals surface area contributed by atoms with Crippen LogP contribution in [0.25, 0.3) is 28.1 Å². The third kappa shape index (κ3) is 8.85. The summed E-state index contributed by atoms with van der Waals surface area (Å²) < 4.78 is 48.2. The molecule has 61 heavy (non-hydrogen) atoms. The van der Waals surface area contributed by atoms with E-state index in [0.717, 1.165) is 87.6 Å². The van der Waals surface area contributed by atoms with Crippen LogP contribution in [0.1, 0.15) is 56.4 Å². The van der Waals surface area contributed by atoms with E-state index in [2.05, 4.69) is 42.3 Å². The van der Waals surface area contributed by atoms with Gasteiger partial charge in [-0.1, -0.05) is 17.7 Å². The summed E-state index contributed by atoms with van der Waals surface area (Å²) in [5.41, 5.74) is 4.29. The van der Waals surface area contributed by atoms with Gasteiger partial charge in [-0.3, -0.25) is 24.6 Å². The van der Waals surface area contributed by atoms with Crippen LogP contribution in [0.3, 0.4) is 0 Å². The van der Waals surface area contributed by atoms with Crippen LogP contribution in [-0.2, 0) is 19.8 Å². The number of carbonyl (C=O) groups is 2. The van der Waals surface area contributed by atoms with E-state index < -0.39 is 16.0 Å². The number of pyridine rings is 2. The number of nitrogens with zero attached hydrogens (tertiary/aromatic N) is 7. The first-order valence-electron chi connectivity index (χ1n) is 21.0. The molecule has 14 nitrogen and oxygen atoms in total. The summed E-state index contributed by atoms with van der Waals surface area (Å²) >= 11 is 6.53. The van der Waals surface area contributed by atoms with Crippen molar-refractivity contribution in [1.82, 2.24) is 34.7 Å². The Labute approximate surface area is 359 Å². The summed E-state index contributed by atoms with van der Waals surface area (Å²) in [7, 11) is -3.97. The van der Waals surface area contributed by atoms with E-state index in [-0.39, 0.29) is 34.0 Å². The van der Waals surface area contributed by atoms with E-state index >= 15 is 4.39 Å². The van der Waals surface area contributed by atoms with Crippen molar-refractivity contribution < 1.29 is 22.4 Å². The smallest absolute Gasteiger partial charge is 0.301 e. The molecule has 0 spiro atoms. The third-order valence-electron chi connectivity index (χ3n) is 12.4. The van der Waals surface area contributed by atoms with Crippen LogP contribution in [0.2, 0.25) is 5.02 Å². The molecule has 318 valence electrons. The molecular formula is C44H48ClFN10O4S. The van der Waals surface area contributed by atoms with E-state index in [9.17, 15) is 18.0 Å². The van der Waals surface area contributed by atoms with E-state index in [1.165, 1.54) is 16.4 Å². The molecule has 0 radical (unpaired) electrons. The molecule has 17 heteroatoms. The van der Waals surface area contributed by atoms with Crippen molar-refractivity contribution >= 4 is 50.8 Å². The average molecular weight is 867 g/mol. The van der Waals surface area contributed by atoms with Crippen LogP contribution >= 0.6 is 11.6 Å². The number of amides is 2. The minimum absolute atomic E-state index is 0.120. The average Bonchev–Trinajstić information content (AvgIpc) is 3.99. The number of hydrogen-bond donors (Lipinski definition) is 3. The van der Waals surface area contributed by atoms with Gasteiger partial charge in [0.1, 0.15) is 11.5 Å². The highest BCUT2D eigenvalue weighted by Gasteiger charge is 2.31. The highest BCUT2D eigenvalue weighted by atomic mass is 35.5. The quantitative estimate of drug-likeness (QED) is 0.132. The number of rotatable bonds is 11. The Bertz CT molecular complexity index is 2490. The van der Waals surface area contributed by atoms with Crippen molar-refractivity contribution in [3.05, 3.63) is 102 Å². The zero-order valence-corrected chi connectivity index (χ0v) is 35.2. The summed E-state index contributed by atoms with van der Waals surface area (Å²) in [5, 5.41) is 11.2. The molecule has 0 bridgehead atoms. The van der Waals surface area contributed by atoms with Crippen molar-refractivity contribution in [2.45, 2.75) is 56.9 Å². The number of hydrogen-bond acceptors (Lipinski definition) is 10. The molecule has 4 fully saturated rings. The Balaban J connectivity index is 0.895. The van der Waals surface area contributed by atoms with Crippen molar-refractivity contribution in [3.8, 4) is 28.1 Å². The Hall–Kier alpha value is -5.42. The van der Waals surface area contributed by atoms with Gasteiger partial charge >= 0.3 is 10.2 Å². The maximum absolute atomic E-state index is 16.4. The predicted octanol–water partition coefficient (Wildman–Crippen LogP) is 6.15. The molecule has 0 aliphatic carbocycles. The normalized spacial score (nSPS) is 20.6. The third-order valence-corrected chi connectivity index (χ3v) is 14.1. The molecule has 2 atom stereocenters. The zero-order chi connectivity index (χ0) is 42.1. The van der Waals surface area contributed by atoms with Gasteiger partial charge in [0.2, 0.25) is 11.8 Å². The fourth-order valence-corrected chi connectivity index (χ4v) is 10.6. The van der Waals surface area contributed by atoms with Gasteiger partial charge in [-0.05, 0) is 105 Å². The molecule has 1 unspecified atom stereocenters. The van der Waals surface area contributed by atoms with Crippen molar-refractivity contribution in [2.75, 3.05) is 60.3 Å². The number of piperazine rings is 1. The van der Waals surface area contributed by atoms with E-state index in [1.807, 2.05) is 24.3 Å². The number of nitrogens with one attached hydrogen (secondary N) is 3.